The average Bonchev–Trinajstić information content (AvgIpc) is 2.63. The third kappa shape index (κ3) is 0.894. The molecule has 0 aliphatic heterocycles. The minimum Gasteiger partial charge on any atom is -0.469 e. The molecule has 0 amide bonds. The van der Waals surface area contributed by atoms with Gasteiger partial charge in [-0.1, -0.05) is 12.2 Å². The number of nitrogens with two attached hydrogens (primary N) is 1. The first-order valence-corrected chi connectivity index (χ1v) is 4.26. The van der Waals surface area contributed by atoms with Gasteiger partial charge in [-0.3, -0.25) is 4.79 Å². The fourth-order valence-corrected chi connectivity index (χ4v) is 2.33. The van der Waals surface area contributed by atoms with E-state index < -0.39 is 0 Å². The van der Waals surface area contributed by atoms with Crippen LogP contribution in [0.25, 0.3) is 0 Å². The van der Waals surface area contributed by atoms with Crippen molar-refractivity contribution in [2.24, 2.45) is 23.5 Å². The lowest BCUT2D eigenvalue weighted by Gasteiger charge is -2.21. The molecule has 0 aromatic rings. The van der Waals surface area contributed by atoms with Gasteiger partial charge in [0.15, 0.2) is 0 Å². The van der Waals surface area contributed by atoms with Gasteiger partial charge in [0.25, 0.3) is 0 Å². The van der Waals surface area contributed by atoms with Crippen LogP contribution in [0.2, 0.25) is 0 Å². The van der Waals surface area contributed by atoms with Crippen LogP contribution in [0.5, 0.6) is 0 Å². The minimum absolute atomic E-state index is 0.0209. The summed E-state index contributed by atoms with van der Waals surface area (Å²) in [5.41, 5.74) is 5.89. The summed E-state index contributed by atoms with van der Waals surface area (Å²) >= 11 is 0. The number of allylic oxidation sites excluding steroid dienone is 1. The van der Waals surface area contributed by atoms with Crippen LogP contribution in [0, 0.1) is 17.8 Å². The second-order valence-corrected chi connectivity index (χ2v) is 3.57. The largest absolute Gasteiger partial charge is 0.469 e. The summed E-state index contributed by atoms with van der Waals surface area (Å²) in [7, 11) is 1.42. The van der Waals surface area contributed by atoms with Gasteiger partial charge < -0.3 is 10.5 Å². The van der Waals surface area contributed by atoms with Crippen molar-refractivity contribution in [3.05, 3.63) is 12.2 Å². The third-order valence-electron chi connectivity index (χ3n) is 2.99. The van der Waals surface area contributed by atoms with E-state index in [1.807, 2.05) is 0 Å². The molecule has 0 heterocycles. The first-order valence-electron chi connectivity index (χ1n) is 4.26. The topological polar surface area (TPSA) is 52.3 Å². The van der Waals surface area contributed by atoms with Gasteiger partial charge in [-0.15, -0.1) is 0 Å². The number of carbonyl (C=O) groups excluding carboxylic acids is 1. The van der Waals surface area contributed by atoms with Gasteiger partial charge in [0, 0.05) is 6.04 Å². The molecule has 2 aliphatic carbocycles. The van der Waals surface area contributed by atoms with E-state index in [4.69, 9.17) is 10.5 Å². The molecule has 1 saturated carbocycles. The predicted octanol–water partition coefficient (Wildman–Crippen LogP) is 0.309. The van der Waals surface area contributed by atoms with Gasteiger partial charge in [-0.05, 0) is 18.3 Å². The van der Waals surface area contributed by atoms with Gasteiger partial charge in [-0.25, -0.2) is 0 Å². The van der Waals surface area contributed by atoms with Crippen LogP contribution in [0.15, 0.2) is 12.2 Å². The van der Waals surface area contributed by atoms with Crippen LogP contribution in [0.3, 0.4) is 0 Å². The van der Waals surface area contributed by atoms with Crippen LogP contribution >= 0.6 is 0 Å². The minimum atomic E-state index is -0.153. The lowest BCUT2D eigenvalue weighted by Crippen LogP contribution is -2.39. The van der Waals surface area contributed by atoms with E-state index in [-0.39, 0.29) is 17.9 Å². The zero-order chi connectivity index (χ0) is 8.72. The Hall–Kier alpha value is -0.830. The van der Waals surface area contributed by atoms with Gasteiger partial charge in [0.2, 0.25) is 0 Å². The third-order valence-corrected chi connectivity index (χ3v) is 2.99. The summed E-state index contributed by atoms with van der Waals surface area (Å²) in [6.45, 7) is 0. The fourth-order valence-electron chi connectivity index (χ4n) is 2.33. The monoisotopic (exact) mass is 167 g/mol. The summed E-state index contributed by atoms with van der Waals surface area (Å²) in [6, 6.07) is -0.0209. The normalized spacial score (nSPS) is 43.5. The molecular formula is C9H13NO2. The SMILES string of the molecule is COC(=O)[C@@H]1C2C=CC(C2)[C@H]1N. The molecule has 4 atom stereocenters. The highest BCUT2D eigenvalue weighted by atomic mass is 16.5. The number of hydrogen-bond donors (Lipinski definition) is 1. The van der Waals surface area contributed by atoms with Crippen LogP contribution in [-0.2, 0) is 9.53 Å². The molecule has 2 bridgehead atoms. The number of fused-ring (bicyclic) bond motifs is 2. The summed E-state index contributed by atoms with van der Waals surface area (Å²) in [5.74, 6) is 0.487. The van der Waals surface area contributed by atoms with Crippen molar-refractivity contribution < 1.29 is 9.53 Å². The Morgan fingerprint density at radius 1 is 1.50 bits per heavy atom. The van der Waals surface area contributed by atoms with E-state index in [0.717, 1.165) is 6.42 Å². The molecule has 0 radical (unpaired) electrons. The summed E-state index contributed by atoms with van der Waals surface area (Å²) in [6.07, 6.45) is 5.24. The first kappa shape index (κ1) is 7.80. The molecule has 1 fully saturated rings. The van der Waals surface area contributed by atoms with Crippen molar-refractivity contribution >= 4 is 5.97 Å². The molecule has 2 unspecified atom stereocenters. The molecule has 0 aromatic heterocycles. The maximum atomic E-state index is 11.3. The van der Waals surface area contributed by atoms with Crippen molar-refractivity contribution in [3.63, 3.8) is 0 Å². The second kappa shape index (κ2) is 2.59. The Morgan fingerprint density at radius 2 is 2.17 bits per heavy atom. The van der Waals surface area contributed by atoms with Crippen LogP contribution in [-0.4, -0.2) is 19.1 Å². The van der Waals surface area contributed by atoms with E-state index in [9.17, 15) is 4.79 Å². The Balaban J connectivity index is 2.18. The highest BCUT2D eigenvalue weighted by Crippen LogP contribution is 2.42. The summed E-state index contributed by atoms with van der Waals surface area (Å²) < 4.78 is 4.70. The Morgan fingerprint density at radius 3 is 2.67 bits per heavy atom. The summed E-state index contributed by atoms with van der Waals surface area (Å²) in [5, 5.41) is 0. The van der Waals surface area contributed by atoms with Crippen LogP contribution in [0.4, 0.5) is 0 Å². The van der Waals surface area contributed by atoms with Crippen molar-refractivity contribution in [3.8, 4) is 0 Å². The smallest absolute Gasteiger partial charge is 0.310 e. The molecule has 3 heteroatoms. The number of ether oxygens (including phenoxy) is 1. The zero-order valence-electron chi connectivity index (χ0n) is 7.07. The van der Waals surface area contributed by atoms with Gasteiger partial charge in [-0.2, -0.15) is 0 Å². The quantitative estimate of drug-likeness (QED) is 0.451. The Bertz CT molecular complexity index is 237. The molecule has 66 valence electrons. The standard InChI is InChI=1S/C9H13NO2/c1-12-9(11)7-5-2-3-6(4-5)8(7)10/h2-3,5-8H,4,10H2,1H3/t5?,6?,7-,8-/m1/s1. The Labute approximate surface area is 71.6 Å². The van der Waals surface area contributed by atoms with Crippen molar-refractivity contribution in [2.45, 2.75) is 12.5 Å². The molecule has 0 saturated heterocycles. The van der Waals surface area contributed by atoms with E-state index in [1.165, 1.54) is 7.11 Å². The fraction of sp³-hybridized carbons (Fsp3) is 0.667. The van der Waals surface area contributed by atoms with E-state index in [0.29, 0.717) is 11.8 Å². The van der Waals surface area contributed by atoms with E-state index in [1.54, 1.807) is 0 Å². The van der Waals surface area contributed by atoms with Gasteiger partial charge in [0.05, 0.1) is 13.0 Å². The first-order chi connectivity index (χ1) is 5.74. The number of carbonyl (C=O) groups is 1. The highest BCUT2D eigenvalue weighted by Gasteiger charge is 2.46. The average molecular weight is 167 g/mol. The van der Waals surface area contributed by atoms with Crippen molar-refractivity contribution in [1.29, 1.82) is 0 Å². The van der Waals surface area contributed by atoms with Crippen molar-refractivity contribution in [1.82, 2.24) is 0 Å². The molecule has 12 heavy (non-hydrogen) atoms. The zero-order valence-corrected chi connectivity index (χ0v) is 7.07. The molecule has 2 rings (SSSR count). The maximum absolute atomic E-state index is 11.3. The number of methoxy groups -OCH3 is 1. The second-order valence-electron chi connectivity index (χ2n) is 3.57. The number of esters is 1. The maximum Gasteiger partial charge on any atom is 0.310 e. The number of hydrogen-bond acceptors (Lipinski definition) is 3. The van der Waals surface area contributed by atoms with Gasteiger partial charge in [0.1, 0.15) is 0 Å². The predicted molar refractivity (Wildman–Crippen MR) is 44.2 cm³/mol. The Kier molecular flexibility index (Phi) is 1.68. The molecule has 0 spiro atoms. The summed E-state index contributed by atoms with van der Waals surface area (Å²) in [4.78, 5) is 11.3. The molecule has 2 N–H and O–H groups in total. The van der Waals surface area contributed by atoms with Crippen LogP contribution < -0.4 is 5.73 Å². The van der Waals surface area contributed by atoms with Gasteiger partial charge >= 0.3 is 5.97 Å². The molecule has 3 nitrogen and oxygen atoms in total. The van der Waals surface area contributed by atoms with E-state index >= 15 is 0 Å². The lowest BCUT2D eigenvalue weighted by atomic mass is 9.90. The number of rotatable bonds is 1. The molecule has 2 aliphatic rings. The molecular weight excluding hydrogens is 154 g/mol. The van der Waals surface area contributed by atoms with Crippen molar-refractivity contribution in [2.75, 3.05) is 7.11 Å². The highest BCUT2D eigenvalue weighted by molar-refractivity contribution is 5.75. The van der Waals surface area contributed by atoms with Crippen LogP contribution in [0.1, 0.15) is 6.42 Å². The van der Waals surface area contributed by atoms with E-state index in [2.05, 4.69) is 12.2 Å². The lowest BCUT2D eigenvalue weighted by molar-refractivity contribution is -0.146. The molecule has 0 aromatic carbocycles.